The zero-order valence-electron chi connectivity index (χ0n) is 12.4. The summed E-state index contributed by atoms with van der Waals surface area (Å²) in [6, 6.07) is 0. The summed E-state index contributed by atoms with van der Waals surface area (Å²) >= 11 is 0. The Labute approximate surface area is 124 Å². The maximum atomic E-state index is 11.9. The monoisotopic (exact) mass is 282 g/mol. The number of carbonyl (C=O) groups is 1. The highest BCUT2D eigenvalue weighted by atomic mass is 16.2. The van der Waals surface area contributed by atoms with Gasteiger partial charge in [-0.1, -0.05) is 5.92 Å². The lowest BCUT2D eigenvalue weighted by Crippen LogP contribution is -2.25. The molecule has 21 heavy (non-hydrogen) atoms. The summed E-state index contributed by atoms with van der Waals surface area (Å²) in [6.07, 6.45) is 6.26. The molecule has 3 rings (SSSR count). The van der Waals surface area contributed by atoms with E-state index in [4.69, 9.17) is 0 Å². The Hall–Kier alpha value is -2.35. The van der Waals surface area contributed by atoms with Crippen LogP contribution in [-0.4, -0.2) is 38.3 Å². The molecular weight excluding hydrogens is 264 g/mol. The van der Waals surface area contributed by atoms with E-state index in [1.807, 2.05) is 24.9 Å². The number of rotatable bonds is 1. The fourth-order valence-corrected chi connectivity index (χ4v) is 2.74. The van der Waals surface area contributed by atoms with Gasteiger partial charge in [-0.3, -0.25) is 14.2 Å². The smallest absolute Gasteiger partial charge is 0.298 e. The third-order valence-corrected chi connectivity index (χ3v) is 3.81. The summed E-state index contributed by atoms with van der Waals surface area (Å²) < 4.78 is 2.05. The molecule has 0 radical (unpaired) electrons. The number of aromatic nitrogens is 3. The number of hydrogen-bond acceptors (Lipinski definition) is 3. The van der Waals surface area contributed by atoms with E-state index < -0.39 is 0 Å². The van der Waals surface area contributed by atoms with Gasteiger partial charge in [-0.15, -0.1) is 0 Å². The third kappa shape index (κ3) is 2.62. The largest absolute Gasteiger partial charge is 0.332 e. The van der Waals surface area contributed by atoms with Crippen LogP contribution in [0.1, 0.15) is 30.1 Å². The van der Waals surface area contributed by atoms with Crippen LogP contribution < -0.4 is 0 Å². The molecule has 5 heteroatoms. The van der Waals surface area contributed by atoms with E-state index in [1.54, 1.807) is 6.20 Å². The number of likely N-dealkylation sites (tertiary alicyclic amines) is 1. The molecule has 0 spiro atoms. The van der Waals surface area contributed by atoms with Crippen molar-refractivity contribution in [3.8, 4) is 11.8 Å². The highest BCUT2D eigenvalue weighted by Gasteiger charge is 2.15. The molecule has 0 aliphatic carbocycles. The van der Waals surface area contributed by atoms with Crippen molar-refractivity contribution >= 4 is 11.4 Å². The Morgan fingerprint density at radius 2 is 2.05 bits per heavy atom. The summed E-state index contributed by atoms with van der Waals surface area (Å²) in [5.74, 6) is 6.50. The Morgan fingerprint density at radius 1 is 1.29 bits per heavy atom. The maximum absolute atomic E-state index is 11.9. The second-order valence-corrected chi connectivity index (χ2v) is 5.36. The normalized spacial score (nSPS) is 14.3. The van der Waals surface area contributed by atoms with Crippen LogP contribution in [0.15, 0.2) is 12.4 Å². The van der Waals surface area contributed by atoms with Crippen molar-refractivity contribution in [2.75, 3.05) is 13.1 Å². The van der Waals surface area contributed by atoms with Crippen LogP contribution in [0.3, 0.4) is 0 Å². The zero-order chi connectivity index (χ0) is 14.8. The average molecular weight is 282 g/mol. The number of nitrogens with zero attached hydrogens (tertiary/aromatic N) is 4. The van der Waals surface area contributed by atoms with E-state index in [-0.39, 0.29) is 5.91 Å². The first kappa shape index (κ1) is 13.6. The molecule has 1 amide bonds. The molecular formula is C16H18N4O. The maximum Gasteiger partial charge on any atom is 0.298 e. The minimum Gasteiger partial charge on any atom is -0.332 e. The SMILES string of the molecule is Cc1nc(CC#CC(=O)N2CCCC2)n2c(C)cncc12. The van der Waals surface area contributed by atoms with Gasteiger partial charge in [0, 0.05) is 25.0 Å². The molecule has 0 saturated carbocycles. The molecule has 0 N–H and O–H groups in total. The van der Waals surface area contributed by atoms with Crippen molar-refractivity contribution in [1.29, 1.82) is 0 Å². The van der Waals surface area contributed by atoms with Gasteiger partial charge in [-0.05, 0) is 32.6 Å². The molecule has 0 bridgehead atoms. The van der Waals surface area contributed by atoms with Crippen LogP contribution in [0.5, 0.6) is 0 Å². The molecule has 5 nitrogen and oxygen atoms in total. The van der Waals surface area contributed by atoms with E-state index >= 15 is 0 Å². The van der Waals surface area contributed by atoms with Crippen molar-refractivity contribution in [2.24, 2.45) is 0 Å². The summed E-state index contributed by atoms with van der Waals surface area (Å²) in [5, 5.41) is 0. The molecule has 0 unspecified atom stereocenters. The molecule has 2 aromatic heterocycles. The summed E-state index contributed by atoms with van der Waals surface area (Å²) in [4.78, 5) is 22.4. The lowest BCUT2D eigenvalue weighted by atomic mass is 10.3. The van der Waals surface area contributed by atoms with Crippen LogP contribution in [0.2, 0.25) is 0 Å². The van der Waals surface area contributed by atoms with Crippen LogP contribution in [-0.2, 0) is 11.2 Å². The first-order valence-corrected chi connectivity index (χ1v) is 7.23. The minimum atomic E-state index is -0.0662. The topological polar surface area (TPSA) is 50.5 Å². The van der Waals surface area contributed by atoms with E-state index in [1.165, 1.54) is 0 Å². The number of imidazole rings is 1. The molecule has 0 aromatic carbocycles. The lowest BCUT2D eigenvalue weighted by Gasteiger charge is -2.09. The minimum absolute atomic E-state index is 0.0662. The van der Waals surface area contributed by atoms with Gasteiger partial charge in [-0.2, -0.15) is 0 Å². The van der Waals surface area contributed by atoms with Gasteiger partial charge < -0.3 is 4.90 Å². The van der Waals surface area contributed by atoms with E-state index in [2.05, 4.69) is 26.2 Å². The first-order valence-electron chi connectivity index (χ1n) is 7.23. The second-order valence-electron chi connectivity index (χ2n) is 5.36. The summed E-state index contributed by atoms with van der Waals surface area (Å²) in [5.41, 5.74) is 2.96. The quantitative estimate of drug-likeness (QED) is 0.745. The first-order chi connectivity index (χ1) is 10.2. The van der Waals surface area contributed by atoms with E-state index in [0.29, 0.717) is 6.42 Å². The Bertz CT molecular complexity index is 745. The van der Waals surface area contributed by atoms with Gasteiger partial charge in [0.25, 0.3) is 5.91 Å². The fraction of sp³-hybridized carbons (Fsp3) is 0.438. The Morgan fingerprint density at radius 3 is 2.81 bits per heavy atom. The van der Waals surface area contributed by atoms with Gasteiger partial charge in [0.15, 0.2) is 0 Å². The van der Waals surface area contributed by atoms with Gasteiger partial charge in [0.2, 0.25) is 0 Å². The standard InChI is InChI=1S/C16H18N4O/c1-12-10-17-11-14-13(2)18-15(20(12)14)6-5-7-16(21)19-8-3-4-9-19/h10-11H,3-4,6,8-9H2,1-2H3. The fourth-order valence-electron chi connectivity index (χ4n) is 2.74. The van der Waals surface area contributed by atoms with Crippen LogP contribution in [0, 0.1) is 25.7 Å². The predicted octanol–water partition coefficient (Wildman–Crippen LogP) is 1.51. The Balaban J connectivity index is 1.81. The number of amides is 1. The molecule has 2 aromatic rings. The number of hydrogen-bond donors (Lipinski definition) is 0. The molecule has 108 valence electrons. The lowest BCUT2D eigenvalue weighted by molar-refractivity contribution is -0.124. The molecule has 1 aliphatic rings. The summed E-state index contributed by atoms with van der Waals surface area (Å²) in [7, 11) is 0. The van der Waals surface area contributed by atoms with Crippen LogP contribution >= 0.6 is 0 Å². The van der Waals surface area contributed by atoms with Crippen molar-refractivity contribution in [1.82, 2.24) is 19.3 Å². The summed E-state index contributed by atoms with van der Waals surface area (Å²) in [6.45, 7) is 5.63. The van der Waals surface area contributed by atoms with Gasteiger partial charge in [0.1, 0.15) is 5.82 Å². The third-order valence-electron chi connectivity index (χ3n) is 3.81. The predicted molar refractivity (Wildman–Crippen MR) is 79.8 cm³/mol. The highest BCUT2D eigenvalue weighted by molar-refractivity contribution is 5.93. The molecule has 0 atom stereocenters. The van der Waals surface area contributed by atoms with Crippen LogP contribution in [0.25, 0.3) is 5.52 Å². The molecule has 1 fully saturated rings. The van der Waals surface area contributed by atoms with Crippen molar-refractivity contribution < 1.29 is 4.79 Å². The average Bonchev–Trinajstić information content (AvgIpc) is 3.09. The molecule has 3 heterocycles. The van der Waals surface area contributed by atoms with Crippen LogP contribution in [0.4, 0.5) is 0 Å². The number of aryl methyl sites for hydroxylation is 2. The number of fused-ring (bicyclic) bond motifs is 1. The second kappa shape index (κ2) is 5.57. The molecule has 1 saturated heterocycles. The Kier molecular flexibility index (Phi) is 3.61. The van der Waals surface area contributed by atoms with Gasteiger partial charge >= 0.3 is 0 Å². The number of carbonyl (C=O) groups excluding carboxylic acids is 1. The highest BCUT2D eigenvalue weighted by Crippen LogP contribution is 2.14. The van der Waals surface area contributed by atoms with Crippen molar-refractivity contribution in [2.45, 2.75) is 33.1 Å². The molecule has 1 aliphatic heterocycles. The van der Waals surface area contributed by atoms with Crippen molar-refractivity contribution in [3.63, 3.8) is 0 Å². The van der Waals surface area contributed by atoms with Gasteiger partial charge in [0.05, 0.1) is 23.8 Å². The zero-order valence-corrected chi connectivity index (χ0v) is 12.4. The van der Waals surface area contributed by atoms with Gasteiger partial charge in [-0.25, -0.2) is 4.98 Å². The van der Waals surface area contributed by atoms with E-state index in [0.717, 1.165) is 48.7 Å². The van der Waals surface area contributed by atoms with Crippen molar-refractivity contribution in [3.05, 3.63) is 29.6 Å². The van der Waals surface area contributed by atoms with E-state index in [9.17, 15) is 4.79 Å².